The second-order valence-electron chi connectivity index (χ2n) is 4.41. The summed E-state index contributed by atoms with van der Waals surface area (Å²) < 4.78 is 6.71. The molecule has 0 radical (unpaired) electrons. The van der Waals surface area contributed by atoms with Gasteiger partial charge in [-0.3, -0.25) is 0 Å². The average Bonchev–Trinajstić information content (AvgIpc) is 2.80. The molecule has 0 spiro atoms. The van der Waals surface area contributed by atoms with Crippen molar-refractivity contribution >= 4 is 32.7 Å². The highest BCUT2D eigenvalue weighted by Gasteiger charge is 2.11. The molecule has 0 saturated heterocycles. The molecule has 0 aliphatic carbocycles. The van der Waals surface area contributed by atoms with Crippen LogP contribution in [0.2, 0.25) is 0 Å². The Morgan fingerprint density at radius 1 is 1.21 bits per heavy atom. The molecule has 3 nitrogen and oxygen atoms in total. The number of fused-ring (bicyclic) bond motifs is 1. The summed E-state index contributed by atoms with van der Waals surface area (Å²) in [7, 11) is 0. The lowest BCUT2D eigenvalue weighted by atomic mass is 10.1. The van der Waals surface area contributed by atoms with Crippen molar-refractivity contribution in [1.82, 2.24) is 4.98 Å². The van der Waals surface area contributed by atoms with E-state index in [2.05, 4.69) is 40.0 Å². The fourth-order valence-electron chi connectivity index (χ4n) is 2.04. The first-order valence-electron chi connectivity index (χ1n) is 6.12. The van der Waals surface area contributed by atoms with Crippen LogP contribution in [-0.2, 0) is 6.42 Å². The number of oxazole rings is 1. The van der Waals surface area contributed by atoms with Crippen molar-refractivity contribution in [2.24, 2.45) is 0 Å². The summed E-state index contributed by atoms with van der Waals surface area (Å²) >= 11 is 3.39. The minimum atomic E-state index is 0.563. The molecule has 0 bridgehead atoms. The number of benzene rings is 2. The van der Waals surface area contributed by atoms with Crippen molar-refractivity contribution in [3.8, 4) is 11.5 Å². The molecule has 4 heteroatoms. The molecule has 0 atom stereocenters. The van der Waals surface area contributed by atoms with Crippen molar-refractivity contribution in [1.29, 1.82) is 0 Å². The Kier molecular flexibility index (Phi) is 3.03. The van der Waals surface area contributed by atoms with Gasteiger partial charge in [-0.05, 0) is 42.3 Å². The van der Waals surface area contributed by atoms with Crippen LogP contribution in [0.3, 0.4) is 0 Å². The van der Waals surface area contributed by atoms with Gasteiger partial charge >= 0.3 is 0 Å². The molecule has 3 rings (SSSR count). The number of nitrogens with zero attached hydrogens (tertiary/aromatic N) is 1. The van der Waals surface area contributed by atoms with Gasteiger partial charge in [-0.2, -0.15) is 0 Å². The number of rotatable bonds is 2. The normalized spacial score (nSPS) is 11.1. The smallest absolute Gasteiger partial charge is 0.229 e. The van der Waals surface area contributed by atoms with Gasteiger partial charge in [0.1, 0.15) is 5.52 Å². The fourth-order valence-corrected chi connectivity index (χ4v) is 2.42. The fraction of sp³-hybridized carbons (Fsp3) is 0.133. The van der Waals surface area contributed by atoms with E-state index >= 15 is 0 Å². The largest absolute Gasteiger partial charge is 0.436 e. The number of aryl methyl sites for hydroxylation is 1. The van der Waals surface area contributed by atoms with Crippen LogP contribution in [0.5, 0.6) is 0 Å². The first kappa shape index (κ1) is 12.2. The van der Waals surface area contributed by atoms with Gasteiger partial charge in [-0.15, -0.1) is 0 Å². The van der Waals surface area contributed by atoms with E-state index in [0.29, 0.717) is 11.6 Å². The van der Waals surface area contributed by atoms with Gasteiger partial charge in [0.2, 0.25) is 5.89 Å². The van der Waals surface area contributed by atoms with E-state index in [1.807, 2.05) is 24.3 Å². The number of halogens is 1. The maximum atomic E-state index is 6.00. The van der Waals surface area contributed by atoms with Gasteiger partial charge in [-0.25, -0.2) is 4.98 Å². The Morgan fingerprint density at radius 3 is 2.79 bits per heavy atom. The lowest BCUT2D eigenvalue weighted by Crippen LogP contribution is -1.89. The Hall–Kier alpha value is -1.81. The van der Waals surface area contributed by atoms with Crippen molar-refractivity contribution in [3.05, 3.63) is 46.4 Å². The first-order chi connectivity index (χ1) is 9.17. The molecule has 96 valence electrons. The Balaban J connectivity index is 2.14. The minimum absolute atomic E-state index is 0.563. The van der Waals surface area contributed by atoms with Crippen LogP contribution in [0.1, 0.15) is 12.5 Å². The number of nitrogen functional groups attached to an aromatic ring is 1. The van der Waals surface area contributed by atoms with E-state index in [-0.39, 0.29) is 0 Å². The van der Waals surface area contributed by atoms with E-state index in [9.17, 15) is 0 Å². The second-order valence-corrected chi connectivity index (χ2v) is 5.32. The highest BCUT2D eigenvalue weighted by molar-refractivity contribution is 9.10. The maximum Gasteiger partial charge on any atom is 0.229 e. The van der Waals surface area contributed by atoms with E-state index < -0.39 is 0 Å². The highest BCUT2D eigenvalue weighted by Crippen LogP contribution is 2.30. The number of hydrogen-bond acceptors (Lipinski definition) is 3. The molecule has 0 amide bonds. The summed E-state index contributed by atoms with van der Waals surface area (Å²) in [5.74, 6) is 0.563. The molecule has 1 heterocycles. The molecule has 0 fully saturated rings. The van der Waals surface area contributed by atoms with Gasteiger partial charge in [0.05, 0.1) is 5.56 Å². The van der Waals surface area contributed by atoms with E-state index in [1.54, 1.807) is 0 Å². The predicted molar refractivity (Wildman–Crippen MR) is 80.9 cm³/mol. The van der Waals surface area contributed by atoms with Crippen LogP contribution in [0.4, 0.5) is 5.69 Å². The maximum absolute atomic E-state index is 6.00. The lowest BCUT2D eigenvalue weighted by molar-refractivity contribution is 0.620. The molecule has 3 aromatic rings. The van der Waals surface area contributed by atoms with E-state index in [0.717, 1.165) is 27.6 Å². The van der Waals surface area contributed by atoms with Crippen LogP contribution in [-0.4, -0.2) is 4.98 Å². The summed E-state index contributed by atoms with van der Waals surface area (Å²) in [6.45, 7) is 2.12. The standard InChI is InChI=1S/C15H13BrN2O/c1-2-9-3-6-14-13(7-9)18-15(19-14)11-5-4-10(16)8-12(11)17/h3-8H,2,17H2,1H3. The van der Waals surface area contributed by atoms with Crippen LogP contribution in [0.15, 0.2) is 45.3 Å². The van der Waals surface area contributed by atoms with Gasteiger partial charge in [0.15, 0.2) is 5.58 Å². The average molecular weight is 317 g/mol. The molecule has 0 aliphatic heterocycles. The zero-order valence-corrected chi connectivity index (χ0v) is 12.1. The summed E-state index contributed by atoms with van der Waals surface area (Å²) in [5.41, 5.74) is 10.4. The molecule has 19 heavy (non-hydrogen) atoms. The van der Waals surface area contributed by atoms with E-state index in [4.69, 9.17) is 10.2 Å². The molecular weight excluding hydrogens is 304 g/mol. The van der Waals surface area contributed by atoms with Crippen LogP contribution in [0, 0.1) is 0 Å². The topological polar surface area (TPSA) is 52.0 Å². The third-order valence-electron chi connectivity index (χ3n) is 3.10. The third-order valence-corrected chi connectivity index (χ3v) is 3.60. The molecule has 2 N–H and O–H groups in total. The zero-order chi connectivity index (χ0) is 13.4. The monoisotopic (exact) mass is 316 g/mol. The van der Waals surface area contributed by atoms with Gasteiger partial charge in [0.25, 0.3) is 0 Å². The van der Waals surface area contributed by atoms with Crippen LogP contribution < -0.4 is 5.73 Å². The lowest BCUT2D eigenvalue weighted by Gasteiger charge is -2.00. The van der Waals surface area contributed by atoms with Crippen LogP contribution >= 0.6 is 15.9 Å². The summed E-state index contributed by atoms with van der Waals surface area (Å²) in [5, 5.41) is 0. The molecular formula is C15H13BrN2O. The SMILES string of the molecule is CCc1ccc2oc(-c3ccc(Br)cc3N)nc2c1. The Morgan fingerprint density at radius 2 is 2.05 bits per heavy atom. The second kappa shape index (κ2) is 4.70. The summed E-state index contributed by atoms with van der Waals surface area (Å²) in [4.78, 5) is 4.52. The zero-order valence-electron chi connectivity index (χ0n) is 10.5. The molecule has 0 saturated carbocycles. The molecule has 1 aromatic heterocycles. The van der Waals surface area contributed by atoms with Crippen molar-refractivity contribution in [2.45, 2.75) is 13.3 Å². The van der Waals surface area contributed by atoms with E-state index in [1.165, 1.54) is 5.56 Å². The first-order valence-corrected chi connectivity index (χ1v) is 6.91. The summed E-state index contributed by atoms with van der Waals surface area (Å²) in [6.07, 6.45) is 0.985. The quantitative estimate of drug-likeness (QED) is 0.713. The van der Waals surface area contributed by atoms with Crippen molar-refractivity contribution < 1.29 is 4.42 Å². The molecule has 0 aliphatic rings. The van der Waals surface area contributed by atoms with Gasteiger partial charge in [-0.1, -0.05) is 28.9 Å². The summed E-state index contributed by atoms with van der Waals surface area (Å²) in [6, 6.07) is 11.8. The van der Waals surface area contributed by atoms with Crippen molar-refractivity contribution in [3.63, 3.8) is 0 Å². The predicted octanol–water partition coefficient (Wildman–Crippen LogP) is 4.40. The minimum Gasteiger partial charge on any atom is -0.436 e. The molecule has 2 aromatic carbocycles. The highest BCUT2D eigenvalue weighted by atomic mass is 79.9. The Labute approximate surface area is 119 Å². The van der Waals surface area contributed by atoms with Crippen molar-refractivity contribution in [2.75, 3.05) is 5.73 Å². The third kappa shape index (κ3) is 2.24. The number of nitrogens with two attached hydrogens (primary N) is 1. The number of hydrogen-bond donors (Lipinski definition) is 1. The Bertz CT molecular complexity index is 749. The van der Waals surface area contributed by atoms with Gasteiger partial charge < -0.3 is 10.2 Å². The molecule has 0 unspecified atom stereocenters. The number of aromatic nitrogens is 1. The number of anilines is 1. The van der Waals surface area contributed by atoms with Gasteiger partial charge in [0, 0.05) is 10.2 Å². The van der Waals surface area contributed by atoms with Crippen LogP contribution in [0.25, 0.3) is 22.6 Å².